The van der Waals surface area contributed by atoms with Crippen LogP contribution in [0.25, 0.3) is 0 Å². The summed E-state index contributed by atoms with van der Waals surface area (Å²) in [6.45, 7) is 6.05. The lowest BCUT2D eigenvalue weighted by atomic mass is 10.1. The number of carbonyl (C=O) groups is 1. The fourth-order valence-electron chi connectivity index (χ4n) is 1.73. The van der Waals surface area contributed by atoms with Crippen molar-refractivity contribution in [2.24, 2.45) is 0 Å². The molecule has 0 spiro atoms. The molecule has 0 fully saturated rings. The van der Waals surface area contributed by atoms with Crippen molar-refractivity contribution in [1.82, 2.24) is 0 Å². The Morgan fingerprint density at radius 1 is 1.05 bits per heavy atom. The van der Waals surface area contributed by atoms with Crippen molar-refractivity contribution < 1.29 is 23.4 Å². The van der Waals surface area contributed by atoms with Gasteiger partial charge in [0.05, 0.1) is 21.3 Å². The molecule has 112 valence electrons. The molecule has 0 bridgehead atoms. The average molecular weight is 298 g/mol. The first-order valence-corrected chi connectivity index (χ1v) is 9.70. The monoisotopic (exact) mass is 298 g/mol. The molecule has 0 aliphatic heterocycles. The normalized spacial score (nSPS) is 12.7. The van der Waals surface area contributed by atoms with E-state index in [1.165, 1.54) is 7.11 Å². The minimum absolute atomic E-state index is 0.417. The second-order valence-electron chi connectivity index (χ2n) is 5.25. The first-order chi connectivity index (χ1) is 9.32. The predicted molar refractivity (Wildman–Crippen MR) is 78.7 cm³/mol. The minimum atomic E-state index is -1.90. The van der Waals surface area contributed by atoms with Gasteiger partial charge in [0.2, 0.25) is 0 Å². The van der Waals surface area contributed by atoms with Gasteiger partial charge in [0.15, 0.2) is 25.9 Å². The van der Waals surface area contributed by atoms with Crippen LogP contribution in [-0.4, -0.2) is 35.6 Å². The van der Waals surface area contributed by atoms with E-state index in [0.717, 1.165) is 0 Å². The highest BCUT2D eigenvalue weighted by Gasteiger charge is 2.29. The maximum atomic E-state index is 11.9. The fourth-order valence-corrected chi connectivity index (χ4v) is 2.67. The Kier molecular flexibility index (Phi) is 5.59. The zero-order valence-electron chi connectivity index (χ0n) is 12.9. The van der Waals surface area contributed by atoms with E-state index in [2.05, 4.69) is 0 Å². The molecule has 0 saturated heterocycles. The maximum absolute atomic E-state index is 11.9. The summed E-state index contributed by atoms with van der Waals surface area (Å²) < 4.78 is 21.2. The van der Waals surface area contributed by atoms with Gasteiger partial charge in [-0.3, -0.25) is 0 Å². The van der Waals surface area contributed by atoms with Crippen LogP contribution in [0.1, 0.15) is 11.7 Å². The lowest BCUT2D eigenvalue weighted by Crippen LogP contribution is -2.32. The number of esters is 1. The van der Waals surface area contributed by atoms with Gasteiger partial charge in [-0.2, -0.15) is 0 Å². The van der Waals surface area contributed by atoms with Crippen molar-refractivity contribution >= 4 is 14.3 Å². The highest BCUT2D eigenvalue weighted by Crippen LogP contribution is 2.32. The summed E-state index contributed by atoms with van der Waals surface area (Å²) in [7, 11) is 2.56. The molecule has 1 atom stereocenters. The Morgan fingerprint density at radius 3 is 2.10 bits per heavy atom. The van der Waals surface area contributed by atoms with Crippen LogP contribution in [0.15, 0.2) is 18.2 Å². The number of carbonyl (C=O) groups excluding carboxylic acids is 1. The zero-order valence-corrected chi connectivity index (χ0v) is 13.9. The van der Waals surface area contributed by atoms with E-state index >= 15 is 0 Å². The molecule has 6 heteroatoms. The molecular formula is C14H22O5Si. The van der Waals surface area contributed by atoms with Gasteiger partial charge in [-0.15, -0.1) is 0 Å². The second-order valence-corrected chi connectivity index (χ2v) is 9.71. The quantitative estimate of drug-likeness (QED) is 0.597. The third kappa shape index (κ3) is 4.24. The van der Waals surface area contributed by atoms with E-state index in [0.29, 0.717) is 17.1 Å². The van der Waals surface area contributed by atoms with Crippen molar-refractivity contribution in [2.45, 2.75) is 25.7 Å². The standard InChI is InChI=1S/C14H22O5Si/c1-16-11-8-7-10(9-12(11)17-2)13(14(15)18-3)19-20(4,5)6/h7-9,13H,1-6H3. The molecular weight excluding hydrogens is 276 g/mol. The molecule has 0 heterocycles. The van der Waals surface area contributed by atoms with E-state index in [1.807, 2.05) is 19.6 Å². The van der Waals surface area contributed by atoms with Crippen molar-refractivity contribution in [3.63, 3.8) is 0 Å². The van der Waals surface area contributed by atoms with E-state index in [1.54, 1.807) is 32.4 Å². The minimum Gasteiger partial charge on any atom is -0.493 e. The van der Waals surface area contributed by atoms with Gasteiger partial charge in [-0.05, 0) is 37.3 Å². The van der Waals surface area contributed by atoms with Gasteiger partial charge < -0.3 is 18.6 Å². The van der Waals surface area contributed by atoms with E-state index < -0.39 is 20.4 Å². The largest absolute Gasteiger partial charge is 0.493 e. The van der Waals surface area contributed by atoms with Crippen LogP contribution < -0.4 is 9.47 Å². The number of rotatable bonds is 6. The van der Waals surface area contributed by atoms with Gasteiger partial charge in [0.25, 0.3) is 0 Å². The van der Waals surface area contributed by atoms with Gasteiger partial charge in [-0.1, -0.05) is 6.07 Å². The molecule has 20 heavy (non-hydrogen) atoms. The number of benzene rings is 1. The molecule has 0 saturated carbocycles. The summed E-state index contributed by atoms with van der Waals surface area (Å²) in [5, 5.41) is 0. The molecule has 0 aliphatic carbocycles. The third-order valence-corrected chi connectivity index (χ3v) is 3.54. The molecule has 0 N–H and O–H groups in total. The van der Waals surface area contributed by atoms with Crippen molar-refractivity contribution in [3.05, 3.63) is 23.8 Å². The highest BCUT2D eigenvalue weighted by atomic mass is 28.4. The van der Waals surface area contributed by atoms with Crippen LogP contribution in [0.2, 0.25) is 19.6 Å². The SMILES string of the molecule is COC(=O)C(O[Si](C)(C)C)c1ccc(OC)c(OC)c1. The van der Waals surface area contributed by atoms with E-state index in [9.17, 15) is 4.79 Å². The lowest BCUT2D eigenvalue weighted by molar-refractivity contribution is -0.149. The van der Waals surface area contributed by atoms with Gasteiger partial charge in [0, 0.05) is 0 Å². The maximum Gasteiger partial charge on any atom is 0.338 e. The Bertz CT molecular complexity index is 467. The van der Waals surface area contributed by atoms with Crippen LogP contribution in [0.3, 0.4) is 0 Å². The molecule has 5 nitrogen and oxygen atoms in total. The van der Waals surface area contributed by atoms with Gasteiger partial charge >= 0.3 is 5.97 Å². The van der Waals surface area contributed by atoms with Crippen LogP contribution in [0.5, 0.6) is 11.5 Å². The Balaban J connectivity index is 3.17. The topological polar surface area (TPSA) is 54.0 Å². The summed E-state index contributed by atoms with van der Waals surface area (Å²) in [5.41, 5.74) is 0.692. The summed E-state index contributed by atoms with van der Waals surface area (Å²) in [5.74, 6) is 0.741. The highest BCUT2D eigenvalue weighted by molar-refractivity contribution is 6.69. The Morgan fingerprint density at radius 2 is 1.65 bits per heavy atom. The Hall–Kier alpha value is -1.53. The Labute approximate surface area is 120 Å². The van der Waals surface area contributed by atoms with Crippen LogP contribution >= 0.6 is 0 Å². The predicted octanol–water partition coefficient (Wildman–Crippen LogP) is 2.77. The number of methoxy groups -OCH3 is 3. The zero-order chi connectivity index (χ0) is 15.3. The molecule has 1 unspecified atom stereocenters. The molecule has 1 aromatic carbocycles. The molecule has 0 radical (unpaired) electrons. The van der Waals surface area contributed by atoms with Gasteiger partial charge in [0.1, 0.15) is 0 Å². The molecule has 0 amide bonds. The first-order valence-electron chi connectivity index (χ1n) is 6.30. The fraction of sp³-hybridized carbons (Fsp3) is 0.500. The summed E-state index contributed by atoms with van der Waals surface area (Å²) >= 11 is 0. The first kappa shape index (κ1) is 16.5. The van der Waals surface area contributed by atoms with Crippen molar-refractivity contribution in [1.29, 1.82) is 0 Å². The summed E-state index contributed by atoms with van der Waals surface area (Å²) in [4.78, 5) is 11.9. The average Bonchev–Trinajstić information content (AvgIpc) is 2.42. The van der Waals surface area contributed by atoms with Gasteiger partial charge in [-0.25, -0.2) is 4.79 Å². The second kappa shape index (κ2) is 6.76. The number of ether oxygens (including phenoxy) is 3. The number of hydrogen-bond acceptors (Lipinski definition) is 5. The summed E-state index contributed by atoms with van der Waals surface area (Å²) in [6, 6.07) is 5.27. The number of hydrogen-bond donors (Lipinski definition) is 0. The van der Waals surface area contributed by atoms with E-state index in [4.69, 9.17) is 18.6 Å². The molecule has 0 aliphatic rings. The molecule has 1 aromatic rings. The van der Waals surface area contributed by atoms with Crippen LogP contribution in [-0.2, 0) is 14.0 Å². The molecule has 1 rings (SSSR count). The third-order valence-electron chi connectivity index (χ3n) is 2.60. The van der Waals surface area contributed by atoms with Crippen LogP contribution in [0.4, 0.5) is 0 Å². The van der Waals surface area contributed by atoms with E-state index in [-0.39, 0.29) is 0 Å². The lowest BCUT2D eigenvalue weighted by Gasteiger charge is -2.25. The van der Waals surface area contributed by atoms with Crippen molar-refractivity contribution in [3.8, 4) is 11.5 Å². The summed E-state index contributed by atoms with van der Waals surface area (Å²) in [6.07, 6.45) is -0.744. The van der Waals surface area contributed by atoms with Crippen molar-refractivity contribution in [2.75, 3.05) is 21.3 Å². The smallest absolute Gasteiger partial charge is 0.338 e. The molecule has 0 aromatic heterocycles. The van der Waals surface area contributed by atoms with Crippen LogP contribution in [0, 0.1) is 0 Å².